The van der Waals surface area contributed by atoms with E-state index in [1.807, 2.05) is 6.92 Å². The van der Waals surface area contributed by atoms with Crippen molar-refractivity contribution >= 4 is 23.6 Å². The van der Waals surface area contributed by atoms with Crippen molar-refractivity contribution in [1.82, 2.24) is 24.6 Å². The van der Waals surface area contributed by atoms with Gasteiger partial charge in [-0.05, 0) is 49.9 Å². The van der Waals surface area contributed by atoms with E-state index in [2.05, 4.69) is 10.4 Å². The Bertz CT molecular complexity index is 1000. The van der Waals surface area contributed by atoms with Crippen LogP contribution < -0.4 is 11.0 Å². The van der Waals surface area contributed by atoms with E-state index in [1.165, 1.54) is 33.5 Å². The van der Waals surface area contributed by atoms with E-state index in [0.717, 1.165) is 19.3 Å². The Kier molecular flexibility index (Phi) is 7.10. The standard InChI is InChI=1S/C21H25ClFN5O2/c1-3-18(19(22)12-24-2)20-25-27(13-15-8-10-26(14-29)11-9-15)21(30)28(20)17-6-4-16(23)5-7-17/h3-7,12,14-15,24H,8-11,13H2,1-2H3/b18-3+,19-12+. The van der Waals surface area contributed by atoms with Crippen LogP contribution in [0.3, 0.4) is 0 Å². The van der Waals surface area contributed by atoms with Crippen molar-refractivity contribution in [3.63, 3.8) is 0 Å². The van der Waals surface area contributed by atoms with Gasteiger partial charge in [-0.1, -0.05) is 17.7 Å². The fraction of sp³-hybridized carbons (Fsp3) is 0.381. The molecule has 1 saturated heterocycles. The highest BCUT2D eigenvalue weighted by Crippen LogP contribution is 2.26. The summed E-state index contributed by atoms with van der Waals surface area (Å²) < 4.78 is 16.3. The summed E-state index contributed by atoms with van der Waals surface area (Å²) in [4.78, 5) is 25.9. The van der Waals surface area contributed by atoms with Crippen LogP contribution in [0.15, 0.2) is 46.4 Å². The fourth-order valence-electron chi connectivity index (χ4n) is 3.59. The van der Waals surface area contributed by atoms with Gasteiger partial charge in [0, 0.05) is 38.5 Å². The second kappa shape index (κ2) is 9.75. The van der Waals surface area contributed by atoms with Crippen LogP contribution in [-0.2, 0) is 11.3 Å². The number of piperidine rings is 1. The molecule has 0 unspecified atom stereocenters. The molecule has 0 atom stereocenters. The minimum atomic E-state index is -0.387. The molecule has 1 fully saturated rings. The summed E-state index contributed by atoms with van der Waals surface area (Å²) in [5.74, 6) is 0.235. The molecule has 2 aromatic rings. The Balaban J connectivity index is 2.03. The van der Waals surface area contributed by atoms with Gasteiger partial charge >= 0.3 is 5.69 Å². The lowest BCUT2D eigenvalue weighted by Crippen LogP contribution is -2.35. The average molecular weight is 434 g/mol. The summed E-state index contributed by atoms with van der Waals surface area (Å²) in [7, 11) is 1.73. The Labute approximate surface area is 179 Å². The van der Waals surface area contributed by atoms with E-state index >= 15 is 0 Å². The van der Waals surface area contributed by atoms with Crippen LogP contribution in [0.2, 0.25) is 0 Å². The van der Waals surface area contributed by atoms with Gasteiger partial charge in [-0.25, -0.2) is 18.4 Å². The predicted octanol–water partition coefficient (Wildman–Crippen LogP) is 2.74. The van der Waals surface area contributed by atoms with E-state index in [-0.39, 0.29) is 17.4 Å². The topological polar surface area (TPSA) is 72.2 Å². The van der Waals surface area contributed by atoms with Gasteiger partial charge < -0.3 is 10.2 Å². The molecular formula is C21H25ClFN5O2. The lowest BCUT2D eigenvalue weighted by Gasteiger charge is -2.28. The minimum Gasteiger partial charge on any atom is -0.393 e. The third-order valence-corrected chi connectivity index (χ3v) is 5.52. The van der Waals surface area contributed by atoms with Gasteiger partial charge in [0.25, 0.3) is 0 Å². The number of likely N-dealkylation sites (tertiary alicyclic amines) is 1. The Morgan fingerprint density at radius 3 is 2.53 bits per heavy atom. The van der Waals surface area contributed by atoms with Crippen molar-refractivity contribution in [2.45, 2.75) is 26.3 Å². The third kappa shape index (κ3) is 4.64. The molecule has 1 aliphatic heterocycles. The molecule has 0 spiro atoms. The van der Waals surface area contributed by atoms with Crippen LogP contribution in [-0.4, -0.2) is 45.8 Å². The van der Waals surface area contributed by atoms with Gasteiger partial charge in [-0.15, -0.1) is 5.10 Å². The number of nitrogens with zero attached hydrogens (tertiary/aromatic N) is 4. The number of hydrogen-bond donors (Lipinski definition) is 1. The van der Waals surface area contributed by atoms with Crippen molar-refractivity contribution in [2.75, 3.05) is 20.1 Å². The maximum Gasteiger partial charge on any atom is 0.350 e. The SMILES string of the molecule is C/C=C(\C(Cl)=C/NC)c1nn(CC2CCN(C=O)CC2)c(=O)n1-c1ccc(F)cc1. The number of halogens is 2. The highest BCUT2D eigenvalue weighted by atomic mass is 35.5. The monoisotopic (exact) mass is 433 g/mol. The summed E-state index contributed by atoms with van der Waals surface area (Å²) in [5.41, 5.74) is 0.774. The normalized spacial score (nSPS) is 16.1. The molecule has 1 amide bonds. The number of nitrogens with one attached hydrogen (secondary N) is 1. The van der Waals surface area contributed by atoms with E-state index in [0.29, 0.717) is 41.8 Å². The smallest absolute Gasteiger partial charge is 0.350 e. The summed E-state index contributed by atoms with van der Waals surface area (Å²) in [6.07, 6.45) is 5.87. The van der Waals surface area contributed by atoms with Gasteiger partial charge in [0.2, 0.25) is 6.41 Å². The van der Waals surface area contributed by atoms with Gasteiger partial charge in [0.15, 0.2) is 5.82 Å². The average Bonchev–Trinajstić information content (AvgIpc) is 3.06. The maximum atomic E-state index is 13.4. The number of rotatable bonds is 7. The van der Waals surface area contributed by atoms with Crippen LogP contribution in [0.25, 0.3) is 11.3 Å². The maximum absolute atomic E-state index is 13.4. The predicted molar refractivity (Wildman–Crippen MR) is 115 cm³/mol. The third-order valence-electron chi connectivity index (χ3n) is 5.21. The van der Waals surface area contributed by atoms with Gasteiger partial charge in [-0.3, -0.25) is 4.79 Å². The molecule has 0 bridgehead atoms. The Hall–Kier alpha value is -2.87. The van der Waals surface area contributed by atoms with Crippen molar-refractivity contribution in [2.24, 2.45) is 5.92 Å². The van der Waals surface area contributed by atoms with E-state index in [1.54, 1.807) is 24.2 Å². The zero-order valence-corrected chi connectivity index (χ0v) is 17.8. The number of aromatic nitrogens is 3. The molecule has 9 heteroatoms. The first-order chi connectivity index (χ1) is 14.5. The van der Waals surface area contributed by atoms with Crippen molar-refractivity contribution in [3.8, 4) is 5.69 Å². The first-order valence-corrected chi connectivity index (χ1v) is 10.2. The number of carbonyl (C=O) groups excluding carboxylic acids is 1. The zero-order chi connectivity index (χ0) is 21.7. The second-order valence-electron chi connectivity index (χ2n) is 7.17. The highest BCUT2D eigenvalue weighted by molar-refractivity contribution is 6.36. The summed E-state index contributed by atoms with van der Waals surface area (Å²) in [6, 6.07) is 5.69. The van der Waals surface area contributed by atoms with E-state index < -0.39 is 0 Å². The summed E-state index contributed by atoms with van der Waals surface area (Å²) in [5, 5.41) is 7.86. The Morgan fingerprint density at radius 2 is 1.97 bits per heavy atom. The zero-order valence-electron chi connectivity index (χ0n) is 17.0. The number of amides is 1. The molecule has 1 aliphatic rings. The number of benzene rings is 1. The molecule has 1 aromatic carbocycles. The van der Waals surface area contributed by atoms with Crippen molar-refractivity contribution in [1.29, 1.82) is 0 Å². The number of allylic oxidation sites excluding steroid dienone is 3. The first kappa shape index (κ1) is 21.8. The van der Waals surface area contributed by atoms with Crippen LogP contribution in [0.4, 0.5) is 4.39 Å². The quantitative estimate of drug-likeness (QED) is 0.538. The van der Waals surface area contributed by atoms with Crippen molar-refractivity contribution < 1.29 is 9.18 Å². The van der Waals surface area contributed by atoms with Crippen LogP contribution in [0, 0.1) is 11.7 Å². The summed E-state index contributed by atoms with van der Waals surface area (Å²) >= 11 is 6.42. The molecule has 2 heterocycles. The second-order valence-corrected chi connectivity index (χ2v) is 7.58. The largest absolute Gasteiger partial charge is 0.393 e. The first-order valence-electron chi connectivity index (χ1n) is 9.83. The molecule has 1 aromatic heterocycles. The molecule has 0 aliphatic carbocycles. The van der Waals surface area contributed by atoms with Crippen LogP contribution in [0.5, 0.6) is 0 Å². The van der Waals surface area contributed by atoms with Crippen LogP contribution in [0.1, 0.15) is 25.6 Å². The molecule has 160 valence electrons. The van der Waals surface area contributed by atoms with E-state index in [4.69, 9.17) is 11.6 Å². The van der Waals surface area contributed by atoms with Gasteiger partial charge in [0.05, 0.1) is 10.7 Å². The van der Waals surface area contributed by atoms with Gasteiger partial charge in [0.1, 0.15) is 5.82 Å². The molecule has 0 saturated carbocycles. The molecule has 0 radical (unpaired) electrons. The summed E-state index contributed by atoms with van der Waals surface area (Å²) in [6.45, 7) is 3.60. The molecule has 3 rings (SSSR count). The fourth-order valence-corrected chi connectivity index (χ4v) is 3.89. The molecular weight excluding hydrogens is 409 g/mol. The Morgan fingerprint density at radius 1 is 1.30 bits per heavy atom. The minimum absolute atomic E-state index is 0.237. The lowest BCUT2D eigenvalue weighted by atomic mass is 9.97. The number of hydrogen-bond acceptors (Lipinski definition) is 4. The van der Waals surface area contributed by atoms with Crippen molar-refractivity contribution in [3.05, 3.63) is 63.7 Å². The molecule has 1 N–H and O–H groups in total. The number of carbonyl (C=O) groups is 1. The lowest BCUT2D eigenvalue weighted by molar-refractivity contribution is -0.119. The highest BCUT2D eigenvalue weighted by Gasteiger charge is 2.24. The molecule has 30 heavy (non-hydrogen) atoms. The molecule has 7 nitrogen and oxygen atoms in total. The van der Waals surface area contributed by atoms with Gasteiger partial charge in [-0.2, -0.15) is 0 Å². The van der Waals surface area contributed by atoms with E-state index in [9.17, 15) is 14.0 Å². The van der Waals surface area contributed by atoms with Crippen LogP contribution >= 0.6 is 11.6 Å².